The number of aryl methyl sites for hydroxylation is 2. The lowest BCUT2D eigenvalue weighted by atomic mass is 10.0. The van der Waals surface area contributed by atoms with E-state index in [2.05, 4.69) is 41.1 Å². The molecule has 1 atom stereocenters. The van der Waals surface area contributed by atoms with Gasteiger partial charge in [-0.1, -0.05) is 43.0 Å². The second-order valence-corrected chi connectivity index (χ2v) is 7.68. The molecule has 2 aromatic rings. The van der Waals surface area contributed by atoms with E-state index in [4.69, 9.17) is 0 Å². The van der Waals surface area contributed by atoms with Crippen LogP contribution in [0, 0.1) is 0 Å². The van der Waals surface area contributed by atoms with E-state index in [1.54, 1.807) is 0 Å². The Balaban J connectivity index is 1.40. The molecule has 4 rings (SSSR count). The molecule has 2 aromatic carbocycles. The Morgan fingerprint density at radius 1 is 1.07 bits per heavy atom. The highest BCUT2D eigenvalue weighted by Gasteiger charge is 2.39. The quantitative estimate of drug-likeness (QED) is 0.729. The topological polar surface area (TPSA) is 49.4 Å². The monoisotopic (exact) mass is 374 g/mol. The lowest BCUT2D eigenvalue weighted by molar-refractivity contribution is -0.134. The maximum absolute atomic E-state index is 13.1. The van der Waals surface area contributed by atoms with Crippen LogP contribution in [0.5, 0.6) is 0 Å². The highest BCUT2D eigenvalue weighted by atomic mass is 16.2. The predicted octanol–water partition coefficient (Wildman–Crippen LogP) is 4.42. The number of hydrogen-bond donors (Lipinski definition) is 1. The average molecular weight is 374 g/mol. The number of carbonyl (C=O) groups is 2. The summed E-state index contributed by atoms with van der Waals surface area (Å²) in [6, 6.07) is 16.9. The second kappa shape index (κ2) is 8.01. The maximum Gasteiger partial charge on any atom is 0.247 e. The smallest absolute Gasteiger partial charge is 0.247 e. The summed E-state index contributed by atoms with van der Waals surface area (Å²) in [6.45, 7) is 3.45. The van der Waals surface area contributed by atoms with Crippen molar-refractivity contribution in [3.05, 3.63) is 77.9 Å². The summed E-state index contributed by atoms with van der Waals surface area (Å²) in [5.74, 6) is 0.0353. The minimum Gasteiger partial charge on any atom is -0.333 e. The van der Waals surface area contributed by atoms with Crippen LogP contribution in [0.1, 0.15) is 48.4 Å². The normalized spacial score (nSPS) is 17.6. The summed E-state index contributed by atoms with van der Waals surface area (Å²) in [7, 11) is 0. The fourth-order valence-corrected chi connectivity index (χ4v) is 4.14. The van der Waals surface area contributed by atoms with Crippen molar-refractivity contribution < 1.29 is 9.59 Å². The maximum atomic E-state index is 13.1. The van der Waals surface area contributed by atoms with Gasteiger partial charge in [-0.15, -0.1) is 0 Å². The zero-order valence-electron chi connectivity index (χ0n) is 16.1. The van der Waals surface area contributed by atoms with Crippen LogP contribution in [-0.2, 0) is 22.4 Å². The Kier molecular flexibility index (Phi) is 5.29. The first-order valence-corrected chi connectivity index (χ1v) is 10.1. The minimum absolute atomic E-state index is 0.222. The van der Waals surface area contributed by atoms with E-state index < -0.39 is 0 Å². The van der Waals surface area contributed by atoms with Crippen molar-refractivity contribution in [2.75, 3.05) is 5.32 Å². The molecule has 0 radical (unpaired) electrons. The van der Waals surface area contributed by atoms with Crippen molar-refractivity contribution in [3.8, 4) is 0 Å². The van der Waals surface area contributed by atoms with Crippen molar-refractivity contribution in [2.45, 2.75) is 50.6 Å². The first-order valence-electron chi connectivity index (χ1n) is 10.1. The van der Waals surface area contributed by atoms with Gasteiger partial charge in [0.15, 0.2) is 0 Å². The minimum atomic E-state index is -0.222. The Labute approximate surface area is 166 Å². The van der Waals surface area contributed by atoms with Gasteiger partial charge in [0.2, 0.25) is 11.8 Å². The summed E-state index contributed by atoms with van der Waals surface area (Å²) in [6.07, 6.45) is 6.85. The van der Waals surface area contributed by atoms with Gasteiger partial charge in [-0.2, -0.15) is 0 Å². The standard InChI is InChI=1S/C24H26N2O2/c1-2-23(27)25-19-11-7-17(8-12-19)9-16-24(28)26(20-13-14-20)22-15-10-18-5-3-4-6-21(18)22/h2-8,11-12,20,22H,1,9-10,13-16H2,(H,25,27). The number of hydrogen-bond acceptors (Lipinski definition) is 2. The highest BCUT2D eigenvalue weighted by molar-refractivity contribution is 5.98. The first kappa shape index (κ1) is 18.5. The molecule has 144 valence electrons. The van der Waals surface area contributed by atoms with Crippen LogP contribution in [0.15, 0.2) is 61.2 Å². The average Bonchev–Trinajstić information content (AvgIpc) is 3.47. The number of rotatable bonds is 7. The third-order valence-electron chi connectivity index (χ3n) is 5.70. The molecule has 2 amide bonds. The molecule has 1 unspecified atom stereocenters. The van der Waals surface area contributed by atoms with Crippen LogP contribution in [0.2, 0.25) is 0 Å². The van der Waals surface area contributed by atoms with Crippen LogP contribution in [-0.4, -0.2) is 22.8 Å². The SMILES string of the molecule is C=CC(=O)Nc1ccc(CCC(=O)N(C2CC2)C2CCc3ccccc32)cc1. The summed E-state index contributed by atoms with van der Waals surface area (Å²) in [5.41, 5.74) is 4.57. The van der Waals surface area contributed by atoms with Crippen LogP contribution < -0.4 is 5.32 Å². The van der Waals surface area contributed by atoms with Gasteiger partial charge in [-0.25, -0.2) is 0 Å². The van der Waals surface area contributed by atoms with Gasteiger partial charge in [-0.05, 0) is 67.0 Å². The fraction of sp³-hybridized carbons (Fsp3) is 0.333. The molecule has 4 heteroatoms. The molecule has 2 aliphatic carbocycles. The molecule has 1 N–H and O–H groups in total. The Bertz CT molecular complexity index is 884. The number of amides is 2. The summed E-state index contributed by atoms with van der Waals surface area (Å²) < 4.78 is 0. The van der Waals surface area contributed by atoms with E-state index in [0.29, 0.717) is 18.9 Å². The molecule has 0 spiro atoms. The van der Waals surface area contributed by atoms with Gasteiger partial charge in [-0.3, -0.25) is 9.59 Å². The molecule has 1 saturated carbocycles. The van der Waals surface area contributed by atoms with Gasteiger partial charge in [0.25, 0.3) is 0 Å². The van der Waals surface area contributed by atoms with E-state index in [0.717, 1.165) is 36.9 Å². The largest absolute Gasteiger partial charge is 0.333 e. The molecular weight excluding hydrogens is 348 g/mol. The number of nitrogens with one attached hydrogen (secondary N) is 1. The van der Waals surface area contributed by atoms with Crippen molar-refractivity contribution in [3.63, 3.8) is 0 Å². The van der Waals surface area contributed by atoms with Crippen molar-refractivity contribution in [2.24, 2.45) is 0 Å². The third kappa shape index (κ3) is 4.01. The van der Waals surface area contributed by atoms with E-state index in [9.17, 15) is 9.59 Å². The molecule has 2 aliphatic rings. The Morgan fingerprint density at radius 3 is 2.54 bits per heavy atom. The molecule has 1 fully saturated rings. The van der Waals surface area contributed by atoms with Crippen molar-refractivity contribution >= 4 is 17.5 Å². The van der Waals surface area contributed by atoms with Gasteiger partial charge in [0.1, 0.15) is 0 Å². The number of nitrogens with zero attached hydrogens (tertiary/aromatic N) is 1. The molecule has 0 aromatic heterocycles. The number of fused-ring (bicyclic) bond motifs is 1. The van der Waals surface area contributed by atoms with Gasteiger partial charge < -0.3 is 10.2 Å². The van der Waals surface area contributed by atoms with Crippen molar-refractivity contribution in [1.82, 2.24) is 4.90 Å². The Morgan fingerprint density at radius 2 is 1.82 bits per heavy atom. The lowest BCUT2D eigenvalue weighted by Gasteiger charge is -2.30. The van der Waals surface area contributed by atoms with Crippen LogP contribution >= 0.6 is 0 Å². The second-order valence-electron chi connectivity index (χ2n) is 7.68. The van der Waals surface area contributed by atoms with Crippen LogP contribution in [0.3, 0.4) is 0 Å². The van der Waals surface area contributed by atoms with Crippen LogP contribution in [0.25, 0.3) is 0 Å². The van der Waals surface area contributed by atoms with E-state index >= 15 is 0 Å². The lowest BCUT2D eigenvalue weighted by Crippen LogP contribution is -2.36. The molecule has 28 heavy (non-hydrogen) atoms. The number of anilines is 1. The zero-order chi connectivity index (χ0) is 19.5. The third-order valence-corrected chi connectivity index (χ3v) is 5.70. The molecule has 0 saturated heterocycles. The molecule has 4 nitrogen and oxygen atoms in total. The van der Waals surface area contributed by atoms with Gasteiger partial charge in [0, 0.05) is 18.2 Å². The van der Waals surface area contributed by atoms with Crippen LogP contribution in [0.4, 0.5) is 5.69 Å². The molecular formula is C24H26N2O2. The van der Waals surface area contributed by atoms with E-state index in [1.165, 1.54) is 17.2 Å². The van der Waals surface area contributed by atoms with Gasteiger partial charge >= 0.3 is 0 Å². The van der Waals surface area contributed by atoms with E-state index in [-0.39, 0.29) is 17.9 Å². The molecule has 0 aliphatic heterocycles. The molecule has 0 heterocycles. The molecule has 0 bridgehead atoms. The first-order chi connectivity index (χ1) is 13.7. The summed E-state index contributed by atoms with van der Waals surface area (Å²) in [4.78, 5) is 26.6. The summed E-state index contributed by atoms with van der Waals surface area (Å²) >= 11 is 0. The number of carbonyl (C=O) groups excluding carboxylic acids is 2. The predicted molar refractivity (Wildman–Crippen MR) is 111 cm³/mol. The Hall–Kier alpha value is -2.88. The van der Waals surface area contributed by atoms with Crippen molar-refractivity contribution in [1.29, 1.82) is 0 Å². The number of benzene rings is 2. The van der Waals surface area contributed by atoms with Gasteiger partial charge in [0.05, 0.1) is 6.04 Å². The van der Waals surface area contributed by atoms with E-state index in [1.807, 2.05) is 24.3 Å². The summed E-state index contributed by atoms with van der Waals surface area (Å²) in [5, 5.41) is 2.74. The fourth-order valence-electron chi connectivity index (χ4n) is 4.14. The zero-order valence-corrected chi connectivity index (χ0v) is 16.1. The highest BCUT2D eigenvalue weighted by Crippen LogP contribution is 2.42.